The lowest BCUT2D eigenvalue weighted by Gasteiger charge is -2.28. The predicted molar refractivity (Wildman–Crippen MR) is 101 cm³/mol. The van der Waals surface area contributed by atoms with E-state index in [1.54, 1.807) is 24.5 Å². The van der Waals surface area contributed by atoms with Crippen LogP contribution >= 0.6 is 23.5 Å². The van der Waals surface area contributed by atoms with Gasteiger partial charge in [0.25, 0.3) is 0 Å². The van der Waals surface area contributed by atoms with E-state index in [-0.39, 0.29) is 17.5 Å². The number of hydrogen-bond donors (Lipinski definition) is 1. The van der Waals surface area contributed by atoms with Gasteiger partial charge in [-0.15, -0.1) is 0 Å². The SMILES string of the molecule is O=C(CSc1nccnc1N1CCSCC1)NCc1ccc(F)cc1. The highest BCUT2D eigenvalue weighted by atomic mass is 32.2. The van der Waals surface area contributed by atoms with Gasteiger partial charge in [0.05, 0.1) is 5.75 Å². The summed E-state index contributed by atoms with van der Waals surface area (Å²) >= 11 is 3.33. The first-order valence-electron chi connectivity index (χ1n) is 8.00. The molecule has 1 aromatic heterocycles. The van der Waals surface area contributed by atoms with Gasteiger partial charge in [0, 0.05) is 43.5 Å². The van der Waals surface area contributed by atoms with Gasteiger partial charge < -0.3 is 10.2 Å². The van der Waals surface area contributed by atoms with Gasteiger partial charge in [-0.2, -0.15) is 11.8 Å². The first-order chi connectivity index (χ1) is 12.2. The van der Waals surface area contributed by atoms with Crippen LogP contribution in [-0.4, -0.2) is 46.2 Å². The second-order valence-electron chi connectivity index (χ2n) is 5.48. The zero-order valence-corrected chi connectivity index (χ0v) is 15.3. The molecule has 25 heavy (non-hydrogen) atoms. The molecule has 0 saturated carbocycles. The summed E-state index contributed by atoms with van der Waals surface area (Å²) in [5, 5.41) is 3.62. The topological polar surface area (TPSA) is 58.1 Å². The van der Waals surface area contributed by atoms with Crippen molar-refractivity contribution in [3.63, 3.8) is 0 Å². The molecule has 1 N–H and O–H groups in total. The first-order valence-corrected chi connectivity index (χ1v) is 10.1. The van der Waals surface area contributed by atoms with E-state index in [1.807, 2.05) is 11.8 Å². The van der Waals surface area contributed by atoms with Crippen molar-refractivity contribution in [3.8, 4) is 0 Å². The third kappa shape index (κ3) is 5.34. The number of halogens is 1. The van der Waals surface area contributed by atoms with E-state index < -0.39 is 0 Å². The number of hydrogen-bond acceptors (Lipinski definition) is 6. The average Bonchev–Trinajstić information content (AvgIpc) is 2.67. The molecule has 0 aliphatic carbocycles. The number of nitrogens with one attached hydrogen (secondary N) is 1. The van der Waals surface area contributed by atoms with Crippen molar-refractivity contribution in [2.45, 2.75) is 11.6 Å². The highest BCUT2D eigenvalue weighted by Gasteiger charge is 2.17. The van der Waals surface area contributed by atoms with Crippen LogP contribution in [0.25, 0.3) is 0 Å². The van der Waals surface area contributed by atoms with Crippen LogP contribution in [0.3, 0.4) is 0 Å². The molecule has 2 aromatic rings. The number of amides is 1. The molecule has 1 saturated heterocycles. The Bertz CT molecular complexity index is 708. The predicted octanol–water partition coefficient (Wildman–Crippen LogP) is 2.58. The summed E-state index contributed by atoms with van der Waals surface area (Å²) in [5.74, 6) is 2.93. The van der Waals surface area contributed by atoms with E-state index in [4.69, 9.17) is 0 Å². The summed E-state index contributed by atoms with van der Waals surface area (Å²) in [6.45, 7) is 2.29. The number of anilines is 1. The lowest BCUT2D eigenvalue weighted by atomic mass is 10.2. The van der Waals surface area contributed by atoms with Crippen LogP contribution in [0.15, 0.2) is 41.7 Å². The molecule has 2 heterocycles. The third-order valence-electron chi connectivity index (χ3n) is 3.70. The summed E-state index contributed by atoms with van der Waals surface area (Å²) in [6.07, 6.45) is 3.34. The summed E-state index contributed by atoms with van der Waals surface area (Å²) in [4.78, 5) is 23.1. The number of carbonyl (C=O) groups excluding carboxylic acids is 1. The molecule has 1 aliphatic heterocycles. The number of benzene rings is 1. The van der Waals surface area contributed by atoms with Crippen LogP contribution in [0, 0.1) is 5.82 Å². The Balaban J connectivity index is 1.52. The van der Waals surface area contributed by atoms with Gasteiger partial charge in [-0.1, -0.05) is 23.9 Å². The molecule has 3 rings (SSSR count). The van der Waals surface area contributed by atoms with Crippen molar-refractivity contribution < 1.29 is 9.18 Å². The second kappa shape index (κ2) is 9.05. The maximum absolute atomic E-state index is 12.9. The summed E-state index contributed by atoms with van der Waals surface area (Å²) in [6, 6.07) is 6.10. The monoisotopic (exact) mass is 378 g/mol. The summed E-state index contributed by atoms with van der Waals surface area (Å²) < 4.78 is 12.9. The number of carbonyl (C=O) groups is 1. The fourth-order valence-electron chi connectivity index (χ4n) is 2.40. The molecule has 132 valence electrons. The Morgan fingerprint density at radius 3 is 2.68 bits per heavy atom. The van der Waals surface area contributed by atoms with Crippen molar-refractivity contribution in [1.29, 1.82) is 0 Å². The largest absolute Gasteiger partial charge is 0.353 e. The summed E-state index contributed by atoms with van der Waals surface area (Å²) in [7, 11) is 0. The van der Waals surface area contributed by atoms with Crippen molar-refractivity contribution in [3.05, 3.63) is 48.0 Å². The molecule has 5 nitrogen and oxygen atoms in total. The highest BCUT2D eigenvalue weighted by molar-refractivity contribution is 8.00. The van der Waals surface area contributed by atoms with Crippen molar-refractivity contribution in [1.82, 2.24) is 15.3 Å². The molecule has 1 amide bonds. The van der Waals surface area contributed by atoms with E-state index >= 15 is 0 Å². The molecular weight excluding hydrogens is 359 g/mol. The Morgan fingerprint density at radius 1 is 1.20 bits per heavy atom. The fourth-order valence-corrected chi connectivity index (χ4v) is 4.12. The smallest absolute Gasteiger partial charge is 0.230 e. The number of nitrogens with zero attached hydrogens (tertiary/aromatic N) is 3. The zero-order valence-electron chi connectivity index (χ0n) is 13.7. The van der Waals surface area contributed by atoms with Gasteiger partial charge in [-0.25, -0.2) is 14.4 Å². The van der Waals surface area contributed by atoms with Gasteiger partial charge in [0.2, 0.25) is 5.91 Å². The lowest BCUT2D eigenvalue weighted by Crippen LogP contribution is -2.33. The molecular formula is C17H19FN4OS2. The number of aromatic nitrogens is 2. The maximum atomic E-state index is 12.9. The van der Waals surface area contributed by atoms with Gasteiger partial charge in [0.1, 0.15) is 10.8 Å². The lowest BCUT2D eigenvalue weighted by molar-refractivity contribution is -0.118. The minimum Gasteiger partial charge on any atom is -0.353 e. The van der Waals surface area contributed by atoms with Crippen molar-refractivity contribution in [2.24, 2.45) is 0 Å². The molecule has 1 aliphatic rings. The molecule has 0 atom stereocenters. The van der Waals surface area contributed by atoms with E-state index in [1.165, 1.54) is 23.9 Å². The van der Waals surface area contributed by atoms with Crippen LogP contribution in [-0.2, 0) is 11.3 Å². The van der Waals surface area contributed by atoms with E-state index in [2.05, 4.69) is 20.2 Å². The van der Waals surface area contributed by atoms with Crippen LogP contribution < -0.4 is 10.2 Å². The van der Waals surface area contributed by atoms with E-state index in [0.717, 1.165) is 41.0 Å². The molecule has 0 bridgehead atoms. The van der Waals surface area contributed by atoms with Crippen LogP contribution in [0.5, 0.6) is 0 Å². The minimum absolute atomic E-state index is 0.0832. The average molecular weight is 378 g/mol. The van der Waals surface area contributed by atoms with Gasteiger partial charge >= 0.3 is 0 Å². The van der Waals surface area contributed by atoms with Crippen LogP contribution in [0.4, 0.5) is 10.2 Å². The molecule has 1 aromatic carbocycles. The van der Waals surface area contributed by atoms with Gasteiger partial charge in [-0.3, -0.25) is 4.79 Å². The Labute approximate surface area is 154 Å². The van der Waals surface area contributed by atoms with Crippen molar-refractivity contribution >= 4 is 35.2 Å². The number of thioether (sulfide) groups is 2. The standard InChI is InChI=1S/C17H19FN4OS2/c18-14-3-1-13(2-4-14)11-21-15(23)12-25-17-16(19-5-6-20-17)22-7-9-24-10-8-22/h1-6H,7-12H2,(H,21,23). The molecule has 0 spiro atoms. The zero-order chi connectivity index (χ0) is 17.5. The Kier molecular flexibility index (Phi) is 6.52. The molecule has 8 heteroatoms. The molecule has 0 radical (unpaired) electrons. The van der Waals surface area contributed by atoms with Crippen LogP contribution in [0.1, 0.15) is 5.56 Å². The third-order valence-corrected chi connectivity index (χ3v) is 5.61. The quantitative estimate of drug-likeness (QED) is 0.780. The fraction of sp³-hybridized carbons (Fsp3) is 0.353. The van der Waals surface area contributed by atoms with Crippen molar-refractivity contribution in [2.75, 3.05) is 35.2 Å². The van der Waals surface area contributed by atoms with Gasteiger partial charge in [0.15, 0.2) is 5.82 Å². The second-order valence-corrected chi connectivity index (χ2v) is 7.67. The minimum atomic E-state index is -0.281. The normalized spacial score (nSPS) is 14.4. The Morgan fingerprint density at radius 2 is 1.92 bits per heavy atom. The Hall–Kier alpha value is -1.80. The van der Waals surface area contributed by atoms with Crippen LogP contribution in [0.2, 0.25) is 0 Å². The maximum Gasteiger partial charge on any atom is 0.230 e. The van der Waals surface area contributed by atoms with Gasteiger partial charge in [-0.05, 0) is 17.7 Å². The summed E-state index contributed by atoms with van der Waals surface area (Å²) in [5.41, 5.74) is 0.866. The molecule has 1 fully saturated rings. The van der Waals surface area contributed by atoms with E-state index in [9.17, 15) is 9.18 Å². The van der Waals surface area contributed by atoms with E-state index in [0.29, 0.717) is 6.54 Å². The first kappa shape index (κ1) is 18.0. The number of rotatable bonds is 6. The highest BCUT2D eigenvalue weighted by Crippen LogP contribution is 2.27. The molecule has 0 unspecified atom stereocenters.